The second-order valence-corrected chi connectivity index (χ2v) is 15.5. The molecule has 1 heteroatoms. The molecule has 1 unspecified atom stereocenters. The highest BCUT2D eigenvalue weighted by molar-refractivity contribution is 8.34. The molecule has 0 spiro atoms. The summed E-state index contributed by atoms with van der Waals surface area (Å²) < 4.78 is 0. The average molecular weight is 379 g/mol. The zero-order valence-corrected chi connectivity index (χ0v) is 20.3. The van der Waals surface area contributed by atoms with Gasteiger partial charge in [-0.15, -0.1) is 0 Å². The quantitative estimate of drug-likeness (QED) is 0.426. The summed E-state index contributed by atoms with van der Waals surface area (Å²) in [7, 11) is -0.678. The highest BCUT2D eigenvalue weighted by Gasteiger charge is 2.34. The van der Waals surface area contributed by atoms with Crippen LogP contribution in [-0.4, -0.2) is 15.7 Å². The zero-order chi connectivity index (χ0) is 20.3. The van der Waals surface area contributed by atoms with E-state index in [-0.39, 0.29) is 0 Å². The van der Waals surface area contributed by atoms with Crippen molar-refractivity contribution in [2.75, 3.05) is 0 Å². The molecule has 1 rings (SSSR count). The van der Waals surface area contributed by atoms with E-state index in [1.807, 2.05) is 0 Å². The van der Waals surface area contributed by atoms with Gasteiger partial charge in [0, 0.05) is 5.75 Å². The predicted molar refractivity (Wildman–Crippen MR) is 125 cm³/mol. The summed E-state index contributed by atoms with van der Waals surface area (Å²) in [5, 5.41) is 2.31. The van der Waals surface area contributed by atoms with Crippen LogP contribution in [0.25, 0.3) is 0 Å². The van der Waals surface area contributed by atoms with Crippen molar-refractivity contribution in [1.29, 1.82) is 0 Å². The molecule has 0 aliphatic heterocycles. The van der Waals surface area contributed by atoms with E-state index in [2.05, 4.69) is 100 Å². The standard InChI is InChI=1S/C25H46S/c1-18(2)24(16-25(9,10)11)23-14-12-22(13-15-23)17-26(19(3)4,20(5)6)21(7)8/h12-15,18-21,24H,16-17H2,1-11H3. The summed E-state index contributed by atoms with van der Waals surface area (Å²) in [5.74, 6) is 2.61. The molecule has 0 saturated carbocycles. The normalized spacial score (nSPS) is 15.3. The fourth-order valence-electron chi connectivity index (χ4n) is 4.68. The molecule has 0 heterocycles. The largest absolute Gasteiger partial charge is 0.230 e. The molecule has 0 nitrogen and oxygen atoms in total. The Morgan fingerprint density at radius 1 is 0.731 bits per heavy atom. The summed E-state index contributed by atoms with van der Waals surface area (Å²) in [5.41, 5.74) is 3.44. The average Bonchev–Trinajstić information content (AvgIpc) is 2.48. The Labute approximate surface area is 166 Å². The monoisotopic (exact) mass is 378 g/mol. The Morgan fingerprint density at radius 3 is 1.46 bits per heavy atom. The van der Waals surface area contributed by atoms with Gasteiger partial charge in [-0.2, -0.15) is 0 Å². The van der Waals surface area contributed by atoms with Crippen molar-refractivity contribution in [2.45, 2.75) is 110 Å². The minimum atomic E-state index is -0.678. The van der Waals surface area contributed by atoms with Crippen LogP contribution in [0.4, 0.5) is 0 Å². The van der Waals surface area contributed by atoms with E-state index in [4.69, 9.17) is 0 Å². The lowest BCUT2D eigenvalue weighted by atomic mass is 9.76. The molecule has 1 aromatic rings. The Hall–Kier alpha value is -0.430. The first-order valence-electron chi connectivity index (χ1n) is 10.7. The van der Waals surface area contributed by atoms with E-state index in [0.717, 1.165) is 15.7 Å². The Balaban J connectivity index is 3.12. The third-order valence-electron chi connectivity index (χ3n) is 6.09. The number of hydrogen-bond acceptors (Lipinski definition) is 0. The molecule has 1 atom stereocenters. The Bertz CT molecular complexity index is 506. The first-order valence-corrected chi connectivity index (χ1v) is 12.7. The predicted octanol–water partition coefficient (Wildman–Crippen LogP) is 8.39. The third kappa shape index (κ3) is 5.78. The highest BCUT2D eigenvalue weighted by atomic mass is 32.3. The molecule has 0 radical (unpaired) electrons. The zero-order valence-electron chi connectivity index (χ0n) is 19.5. The van der Waals surface area contributed by atoms with Gasteiger partial charge in [0.25, 0.3) is 0 Å². The minimum Gasteiger partial charge on any atom is -0.230 e. The van der Waals surface area contributed by atoms with Crippen molar-refractivity contribution in [3.63, 3.8) is 0 Å². The SMILES string of the molecule is CC(C)C(CC(C)(C)C)c1ccc(CS(C(C)C)(C(C)C)C(C)C)cc1. The van der Waals surface area contributed by atoms with Gasteiger partial charge in [0.2, 0.25) is 0 Å². The van der Waals surface area contributed by atoms with Gasteiger partial charge in [0.05, 0.1) is 0 Å². The highest BCUT2D eigenvalue weighted by Crippen LogP contribution is 2.62. The summed E-state index contributed by atoms with van der Waals surface area (Å²) >= 11 is 0. The molecular formula is C25H46S. The summed E-state index contributed by atoms with van der Waals surface area (Å²) in [6, 6.07) is 9.72. The van der Waals surface area contributed by atoms with Crippen LogP contribution in [0, 0.1) is 11.3 Å². The van der Waals surface area contributed by atoms with E-state index in [1.54, 1.807) is 0 Å². The van der Waals surface area contributed by atoms with Crippen molar-refractivity contribution in [3.05, 3.63) is 35.4 Å². The van der Waals surface area contributed by atoms with E-state index >= 15 is 0 Å². The molecule has 26 heavy (non-hydrogen) atoms. The van der Waals surface area contributed by atoms with Crippen molar-refractivity contribution >= 4 is 10.0 Å². The Kier molecular flexibility index (Phi) is 8.33. The maximum atomic E-state index is 2.45. The fourth-order valence-corrected chi connectivity index (χ4v) is 9.72. The Morgan fingerprint density at radius 2 is 1.15 bits per heavy atom. The van der Waals surface area contributed by atoms with Gasteiger partial charge < -0.3 is 0 Å². The number of rotatable bonds is 8. The van der Waals surface area contributed by atoms with Crippen molar-refractivity contribution < 1.29 is 0 Å². The lowest BCUT2D eigenvalue weighted by Gasteiger charge is -2.51. The van der Waals surface area contributed by atoms with E-state index in [0.29, 0.717) is 17.3 Å². The topological polar surface area (TPSA) is 0 Å². The van der Waals surface area contributed by atoms with E-state index in [1.165, 1.54) is 23.3 Å². The molecule has 0 aliphatic carbocycles. The van der Waals surface area contributed by atoms with Gasteiger partial charge in [-0.3, -0.25) is 0 Å². The van der Waals surface area contributed by atoms with E-state index < -0.39 is 10.0 Å². The van der Waals surface area contributed by atoms with Crippen molar-refractivity contribution in [1.82, 2.24) is 0 Å². The summed E-state index contributed by atoms with van der Waals surface area (Å²) in [6.07, 6.45) is 1.25. The van der Waals surface area contributed by atoms with Gasteiger partial charge in [0.1, 0.15) is 0 Å². The molecule has 0 aliphatic rings. The summed E-state index contributed by atoms with van der Waals surface area (Å²) in [4.78, 5) is 0. The maximum Gasteiger partial charge on any atom is 0.00318 e. The first-order chi connectivity index (χ1) is 11.8. The van der Waals surface area contributed by atoms with Crippen molar-refractivity contribution in [3.8, 4) is 0 Å². The van der Waals surface area contributed by atoms with Crippen LogP contribution in [0.1, 0.15) is 99.6 Å². The minimum absolute atomic E-state index is 0.375. The fraction of sp³-hybridized carbons (Fsp3) is 0.760. The van der Waals surface area contributed by atoms with Gasteiger partial charge in [-0.1, -0.05) is 100 Å². The van der Waals surface area contributed by atoms with Crippen LogP contribution in [0.15, 0.2) is 24.3 Å². The number of benzene rings is 1. The van der Waals surface area contributed by atoms with Gasteiger partial charge in [-0.05, 0) is 50.5 Å². The van der Waals surface area contributed by atoms with Crippen LogP contribution in [0.5, 0.6) is 0 Å². The molecule has 0 bridgehead atoms. The molecule has 152 valence electrons. The van der Waals surface area contributed by atoms with Gasteiger partial charge >= 0.3 is 0 Å². The molecule has 0 fully saturated rings. The van der Waals surface area contributed by atoms with Crippen LogP contribution < -0.4 is 0 Å². The molecule has 0 saturated heterocycles. The van der Waals surface area contributed by atoms with Crippen molar-refractivity contribution in [2.24, 2.45) is 11.3 Å². The van der Waals surface area contributed by atoms with Gasteiger partial charge in [-0.25, -0.2) is 10.0 Å². The summed E-state index contributed by atoms with van der Waals surface area (Å²) in [6.45, 7) is 26.5. The third-order valence-corrected chi connectivity index (χ3v) is 12.2. The molecule has 0 amide bonds. The molecule has 1 aromatic carbocycles. The second-order valence-electron chi connectivity index (χ2n) is 10.6. The second kappa shape index (κ2) is 9.18. The van der Waals surface area contributed by atoms with Gasteiger partial charge in [0.15, 0.2) is 0 Å². The molecule has 0 N–H and O–H groups in total. The molecular weight excluding hydrogens is 332 g/mol. The van der Waals surface area contributed by atoms with Crippen LogP contribution >= 0.6 is 10.0 Å². The lowest BCUT2D eigenvalue weighted by molar-refractivity contribution is 0.301. The number of hydrogen-bond donors (Lipinski definition) is 0. The van der Waals surface area contributed by atoms with E-state index in [9.17, 15) is 0 Å². The van der Waals surface area contributed by atoms with Crippen LogP contribution in [0.2, 0.25) is 0 Å². The van der Waals surface area contributed by atoms with Crippen LogP contribution in [0.3, 0.4) is 0 Å². The first kappa shape index (κ1) is 23.6. The smallest absolute Gasteiger partial charge is 0.00318 e. The lowest BCUT2D eigenvalue weighted by Crippen LogP contribution is -2.30. The maximum absolute atomic E-state index is 2.45. The molecule has 0 aromatic heterocycles. The van der Waals surface area contributed by atoms with Crippen LogP contribution in [-0.2, 0) is 5.75 Å².